The fraction of sp³-hybridized carbons (Fsp3) is 1.00. The summed E-state index contributed by atoms with van der Waals surface area (Å²) >= 11 is 0. The Balaban J connectivity index is 1.65. The molecule has 0 spiro atoms. The van der Waals surface area contributed by atoms with Gasteiger partial charge in [0.1, 0.15) is 0 Å². The van der Waals surface area contributed by atoms with Crippen LogP contribution in [0.15, 0.2) is 0 Å². The average molecular weight is 308 g/mol. The van der Waals surface area contributed by atoms with Crippen LogP contribution in [0.5, 0.6) is 0 Å². The molecule has 3 aliphatic rings. The van der Waals surface area contributed by atoms with Crippen LogP contribution in [-0.4, -0.2) is 17.5 Å². The lowest BCUT2D eigenvalue weighted by molar-refractivity contribution is 0.332. The molecule has 0 nitrogen and oxygen atoms in total. The van der Waals surface area contributed by atoms with Crippen LogP contribution < -0.4 is 0 Å². The number of unbranched alkanes of at least 4 members (excludes halogenated alkanes) is 1. The van der Waals surface area contributed by atoms with E-state index in [4.69, 9.17) is 0 Å². The minimum absolute atomic E-state index is 0.376. The maximum Gasteiger partial charge on any atom is -0.0178 e. The molecule has 2 unspecified atom stereocenters. The van der Waals surface area contributed by atoms with Crippen molar-refractivity contribution in [1.29, 1.82) is 0 Å². The van der Waals surface area contributed by atoms with Gasteiger partial charge in [0, 0.05) is 0 Å². The summed E-state index contributed by atoms with van der Waals surface area (Å²) in [6.45, 7) is 2.40. The van der Waals surface area contributed by atoms with Crippen molar-refractivity contribution in [1.82, 2.24) is 0 Å². The third-order valence-electron chi connectivity index (χ3n) is 6.77. The van der Waals surface area contributed by atoms with Crippen molar-refractivity contribution in [2.45, 2.75) is 108 Å². The highest BCUT2D eigenvalue weighted by molar-refractivity contribution is 7.59. The summed E-state index contributed by atoms with van der Waals surface area (Å²) in [5.74, 6) is 2.30. The number of hydrogen-bond acceptors (Lipinski definition) is 0. The molecule has 0 aromatic rings. The van der Waals surface area contributed by atoms with Gasteiger partial charge in [0.15, 0.2) is 0 Å². The van der Waals surface area contributed by atoms with Crippen molar-refractivity contribution in [3.8, 4) is 0 Å². The molecule has 1 saturated heterocycles. The third-order valence-corrected chi connectivity index (χ3v) is 10.7. The van der Waals surface area contributed by atoms with Crippen LogP contribution in [0.3, 0.4) is 0 Å². The number of rotatable bonds is 5. The van der Waals surface area contributed by atoms with Crippen molar-refractivity contribution in [3.63, 3.8) is 0 Å². The molecule has 122 valence electrons. The first-order valence-electron chi connectivity index (χ1n) is 10.2. The van der Waals surface area contributed by atoms with E-state index in [9.17, 15) is 0 Å². The van der Waals surface area contributed by atoms with Crippen molar-refractivity contribution in [3.05, 3.63) is 0 Å². The van der Waals surface area contributed by atoms with Crippen molar-refractivity contribution >= 4 is 7.92 Å². The highest BCUT2D eigenvalue weighted by Crippen LogP contribution is 2.63. The summed E-state index contributed by atoms with van der Waals surface area (Å²) in [5.41, 5.74) is 2.39. The Bertz CT molecular complexity index is 262. The lowest BCUT2D eigenvalue weighted by Crippen LogP contribution is -2.24. The number of hydrogen-bond donors (Lipinski definition) is 0. The van der Waals surface area contributed by atoms with E-state index in [1.807, 2.05) is 0 Å². The van der Waals surface area contributed by atoms with Crippen LogP contribution in [0, 0.1) is 11.8 Å². The highest BCUT2D eigenvalue weighted by atomic mass is 31.1. The zero-order valence-corrected chi connectivity index (χ0v) is 15.3. The van der Waals surface area contributed by atoms with Crippen LogP contribution in [0.1, 0.15) is 96.8 Å². The molecule has 1 heteroatoms. The first-order chi connectivity index (χ1) is 10.4. The Hall–Kier alpha value is 0.430. The summed E-state index contributed by atoms with van der Waals surface area (Å²) in [7, 11) is 0.376. The molecule has 2 aliphatic carbocycles. The average Bonchev–Trinajstić information content (AvgIpc) is 2.98. The Morgan fingerprint density at radius 3 is 1.57 bits per heavy atom. The molecule has 2 saturated carbocycles. The van der Waals surface area contributed by atoms with Gasteiger partial charge in [0.05, 0.1) is 0 Å². The van der Waals surface area contributed by atoms with E-state index < -0.39 is 0 Å². The first kappa shape index (κ1) is 16.3. The fourth-order valence-electron chi connectivity index (χ4n) is 5.64. The summed E-state index contributed by atoms with van der Waals surface area (Å²) in [4.78, 5) is 0. The van der Waals surface area contributed by atoms with Crippen molar-refractivity contribution < 1.29 is 0 Å². The molecular formula is C20H37P. The quantitative estimate of drug-likeness (QED) is 0.481. The van der Waals surface area contributed by atoms with Gasteiger partial charge in [-0.15, -0.1) is 0 Å². The third kappa shape index (κ3) is 4.04. The van der Waals surface area contributed by atoms with E-state index in [1.54, 1.807) is 70.4 Å². The van der Waals surface area contributed by atoms with Gasteiger partial charge < -0.3 is 0 Å². The van der Waals surface area contributed by atoms with Crippen molar-refractivity contribution in [2.24, 2.45) is 11.8 Å². The molecule has 0 radical (unpaired) electrons. The lowest BCUT2D eigenvalue weighted by atomic mass is 9.83. The summed E-state index contributed by atoms with van der Waals surface area (Å²) < 4.78 is 0. The van der Waals surface area contributed by atoms with Crippen molar-refractivity contribution in [2.75, 3.05) is 6.16 Å². The SMILES string of the molecule is CCCCP1C(C2CCCCC2)CCC1C1CCCCC1. The van der Waals surface area contributed by atoms with Crippen LogP contribution in [0.4, 0.5) is 0 Å². The monoisotopic (exact) mass is 308 g/mol. The van der Waals surface area contributed by atoms with E-state index in [-0.39, 0.29) is 0 Å². The molecule has 0 aromatic heterocycles. The maximum absolute atomic E-state index is 2.40. The summed E-state index contributed by atoms with van der Waals surface area (Å²) in [6, 6.07) is 0. The molecule has 3 fully saturated rings. The van der Waals surface area contributed by atoms with Gasteiger partial charge in [0.25, 0.3) is 0 Å². The molecule has 0 aromatic carbocycles. The van der Waals surface area contributed by atoms with Crippen LogP contribution in [0.25, 0.3) is 0 Å². The molecule has 3 rings (SSSR count). The topological polar surface area (TPSA) is 0 Å². The molecule has 0 N–H and O–H groups in total. The lowest BCUT2D eigenvalue weighted by Gasteiger charge is -2.37. The second kappa shape index (κ2) is 8.33. The predicted molar refractivity (Wildman–Crippen MR) is 96.7 cm³/mol. The Morgan fingerprint density at radius 1 is 0.667 bits per heavy atom. The highest BCUT2D eigenvalue weighted by Gasteiger charge is 2.42. The summed E-state index contributed by atoms with van der Waals surface area (Å²) in [6.07, 6.45) is 23.4. The summed E-state index contributed by atoms with van der Waals surface area (Å²) in [5, 5.41) is 0. The van der Waals surface area contributed by atoms with Gasteiger partial charge in [0.2, 0.25) is 0 Å². The zero-order valence-electron chi connectivity index (χ0n) is 14.4. The van der Waals surface area contributed by atoms with Crippen LogP contribution in [0.2, 0.25) is 0 Å². The molecule has 2 atom stereocenters. The largest absolute Gasteiger partial charge is 0.0998 e. The van der Waals surface area contributed by atoms with Gasteiger partial charge in [-0.3, -0.25) is 0 Å². The Labute approximate surface area is 134 Å². The standard InChI is InChI=1S/C20H37P/c1-2-3-16-21-19(17-10-6-4-7-11-17)14-15-20(21)18-12-8-5-9-13-18/h17-20H,2-16H2,1H3. The van der Waals surface area contributed by atoms with E-state index in [2.05, 4.69) is 6.92 Å². The second-order valence-corrected chi connectivity index (χ2v) is 10.9. The Kier molecular flexibility index (Phi) is 6.46. The Morgan fingerprint density at radius 2 is 1.14 bits per heavy atom. The first-order valence-corrected chi connectivity index (χ1v) is 11.8. The van der Waals surface area contributed by atoms with Gasteiger partial charge >= 0.3 is 0 Å². The van der Waals surface area contributed by atoms with E-state index >= 15 is 0 Å². The molecular weight excluding hydrogens is 271 g/mol. The minimum atomic E-state index is 0.376. The zero-order chi connectivity index (χ0) is 14.5. The molecule has 1 heterocycles. The minimum Gasteiger partial charge on any atom is -0.0998 e. The molecule has 0 amide bonds. The van der Waals surface area contributed by atoms with E-state index in [0.717, 1.165) is 11.8 Å². The molecule has 0 bridgehead atoms. The van der Waals surface area contributed by atoms with Crippen LogP contribution in [-0.2, 0) is 0 Å². The predicted octanol–water partition coefficient (Wildman–Crippen LogP) is 6.96. The van der Waals surface area contributed by atoms with Gasteiger partial charge in [-0.2, -0.15) is 0 Å². The fourth-order valence-corrected chi connectivity index (χ4v) is 10.1. The van der Waals surface area contributed by atoms with E-state index in [0.29, 0.717) is 7.92 Å². The van der Waals surface area contributed by atoms with E-state index in [1.165, 1.54) is 37.0 Å². The van der Waals surface area contributed by atoms with Gasteiger partial charge in [-0.05, 0) is 74.3 Å². The van der Waals surface area contributed by atoms with Gasteiger partial charge in [-0.1, -0.05) is 59.8 Å². The normalized spacial score (nSPS) is 36.1. The smallest absolute Gasteiger partial charge is 0.0178 e. The maximum atomic E-state index is 2.40. The molecule has 1 aliphatic heterocycles. The second-order valence-electron chi connectivity index (χ2n) is 8.10. The van der Waals surface area contributed by atoms with Gasteiger partial charge in [-0.25, -0.2) is 0 Å². The molecule has 21 heavy (non-hydrogen) atoms. The van der Waals surface area contributed by atoms with Crippen LogP contribution >= 0.6 is 7.92 Å².